The summed E-state index contributed by atoms with van der Waals surface area (Å²) in [5.74, 6) is -0.989. The second-order valence-corrected chi connectivity index (χ2v) is 4.18. The van der Waals surface area contributed by atoms with Crippen LogP contribution in [0, 0.1) is 11.6 Å². The molecule has 1 saturated heterocycles. The molecular weight excluding hydrogens is 210 g/mol. The van der Waals surface area contributed by atoms with Crippen LogP contribution in [0.1, 0.15) is 24.4 Å². The van der Waals surface area contributed by atoms with E-state index in [9.17, 15) is 8.78 Å². The molecule has 0 aliphatic carbocycles. The van der Waals surface area contributed by atoms with Gasteiger partial charge < -0.3 is 10.6 Å². The first kappa shape index (κ1) is 11.5. The maximum atomic E-state index is 13.6. The topological polar surface area (TPSA) is 24.1 Å². The van der Waals surface area contributed by atoms with Gasteiger partial charge in [0.2, 0.25) is 0 Å². The number of nitrogens with one attached hydrogen (secondary N) is 2. The molecule has 0 saturated carbocycles. The predicted octanol–water partition coefficient (Wildman–Crippen LogP) is 1.98. The van der Waals surface area contributed by atoms with Crippen molar-refractivity contribution in [3.8, 4) is 0 Å². The lowest BCUT2D eigenvalue weighted by atomic mass is 9.93. The largest absolute Gasteiger partial charge is 0.317 e. The smallest absolute Gasteiger partial charge is 0.130 e. The SMILES string of the molecule is CN[C@@H]1CCN[C@H](c2ccc(F)cc2F)C1. The molecule has 16 heavy (non-hydrogen) atoms. The van der Waals surface area contributed by atoms with Crippen LogP contribution in [0.4, 0.5) is 8.78 Å². The molecule has 1 aliphatic heterocycles. The van der Waals surface area contributed by atoms with Gasteiger partial charge in [0.05, 0.1) is 0 Å². The average Bonchev–Trinajstić information content (AvgIpc) is 2.29. The first-order valence-electron chi connectivity index (χ1n) is 5.56. The van der Waals surface area contributed by atoms with Crippen LogP contribution in [0.3, 0.4) is 0 Å². The van der Waals surface area contributed by atoms with Crippen molar-refractivity contribution in [2.45, 2.75) is 24.9 Å². The minimum Gasteiger partial charge on any atom is -0.317 e. The number of benzene rings is 1. The zero-order valence-electron chi connectivity index (χ0n) is 9.26. The third-order valence-corrected chi connectivity index (χ3v) is 3.15. The number of hydrogen-bond donors (Lipinski definition) is 2. The van der Waals surface area contributed by atoms with E-state index in [4.69, 9.17) is 0 Å². The van der Waals surface area contributed by atoms with Crippen LogP contribution in [0.2, 0.25) is 0 Å². The molecule has 2 nitrogen and oxygen atoms in total. The van der Waals surface area contributed by atoms with Gasteiger partial charge in [-0.15, -0.1) is 0 Å². The lowest BCUT2D eigenvalue weighted by Gasteiger charge is -2.30. The van der Waals surface area contributed by atoms with Crippen molar-refractivity contribution in [2.24, 2.45) is 0 Å². The number of hydrogen-bond acceptors (Lipinski definition) is 2. The van der Waals surface area contributed by atoms with Gasteiger partial charge in [0, 0.05) is 23.7 Å². The van der Waals surface area contributed by atoms with Crippen LogP contribution in [-0.2, 0) is 0 Å². The van der Waals surface area contributed by atoms with Gasteiger partial charge in [0.25, 0.3) is 0 Å². The molecule has 0 spiro atoms. The normalized spacial score (nSPS) is 25.7. The minimum absolute atomic E-state index is 0.0215. The van der Waals surface area contributed by atoms with E-state index in [0.29, 0.717) is 11.6 Å². The van der Waals surface area contributed by atoms with Crippen molar-refractivity contribution in [2.75, 3.05) is 13.6 Å². The van der Waals surface area contributed by atoms with Crippen molar-refractivity contribution >= 4 is 0 Å². The van der Waals surface area contributed by atoms with Gasteiger partial charge in [-0.05, 0) is 32.5 Å². The second kappa shape index (κ2) is 4.89. The zero-order valence-corrected chi connectivity index (χ0v) is 9.26. The molecule has 4 heteroatoms. The lowest BCUT2D eigenvalue weighted by molar-refractivity contribution is 0.330. The van der Waals surface area contributed by atoms with E-state index in [1.165, 1.54) is 12.1 Å². The molecule has 0 unspecified atom stereocenters. The lowest BCUT2D eigenvalue weighted by Crippen LogP contribution is -2.40. The van der Waals surface area contributed by atoms with E-state index in [2.05, 4.69) is 10.6 Å². The van der Waals surface area contributed by atoms with Gasteiger partial charge in [0.15, 0.2) is 0 Å². The maximum Gasteiger partial charge on any atom is 0.130 e. The summed E-state index contributed by atoms with van der Waals surface area (Å²) in [5, 5.41) is 6.46. The second-order valence-electron chi connectivity index (χ2n) is 4.18. The Morgan fingerprint density at radius 3 is 2.88 bits per heavy atom. The molecule has 2 rings (SSSR count). The fraction of sp³-hybridized carbons (Fsp3) is 0.500. The molecule has 88 valence electrons. The molecule has 0 bridgehead atoms. The highest BCUT2D eigenvalue weighted by Crippen LogP contribution is 2.25. The predicted molar refractivity (Wildman–Crippen MR) is 59.2 cm³/mol. The average molecular weight is 226 g/mol. The highest BCUT2D eigenvalue weighted by atomic mass is 19.1. The molecular formula is C12H16F2N2. The summed E-state index contributed by atoms with van der Waals surface area (Å²) in [7, 11) is 1.91. The Labute approximate surface area is 94.0 Å². The maximum absolute atomic E-state index is 13.6. The highest BCUT2D eigenvalue weighted by Gasteiger charge is 2.23. The van der Waals surface area contributed by atoms with Crippen LogP contribution in [-0.4, -0.2) is 19.6 Å². The van der Waals surface area contributed by atoms with Gasteiger partial charge in [-0.1, -0.05) is 6.07 Å². The summed E-state index contributed by atoms with van der Waals surface area (Å²) in [6.07, 6.45) is 1.87. The van der Waals surface area contributed by atoms with Crippen molar-refractivity contribution in [3.05, 3.63) is 35.4 Å². The molecule has 1 aliphatic rings. The summed E-state index contributed by atoms with van der Waals surface area (Å²) in [6.45, 7) is 0.854. The van der Waals surface area contributed by atoms with E-state index in [1.807, 2.05) is 7.05 Å². The third-order valence-electron chi connectivity index (χ3n) is 3.15. The molecule has 1 heterocycles. The molecule has 1 aromatic carbocycles. The van der Waals surface area contributed by atoms with Gasteiger partial charge >= 0.3 is 0 Å². The summed E-state index contributed by atoms with van der Waals surface area (Å²) >= 11 is 0. The van der Waals surface area contributed by atoms with Crippen LogP contribution in [0.15, 0.2) is 18.2 Å². The van der Waals surface area contributed by atoms with Crippen LogP contribution >= 0.6 is 0 Å². The van der Waals surface area contributed by atoms with Crippen molar-refractivity contribution in [3.63, 3.8) is 0 Å². The van der Waals surface area contributed by atoms with Crippen molar-refractivity contribution < 1.29 is 8.78 Å². The molecule has 0 amide bonds. The molecule has 2 N–H and O–H groups in total. The Morgan fingerprint density at radius 2 is 2.19 bits per heavy atom. The van der Waals surface area contributed by atoms with E-state index >= 15 is 0 Å². The first-order valence-corrected chi connectivity index (χ1v) is 5.56. The number of piperidine rings is 1. The van der Waals surface area contributed by atoms with Crippen LogP contribution in [0.5, 0.6) is 0 Å². The van der Waals surface area contributed by atoms with Crippen LogP contribution < -0.4 is 10.6 Å². The van der Waals surface area contributed by atoms with E-state index in [1.54, 1.807) is 0 Å². The standard InChI is InChI=1S/C12H16F2N2/c1-15-9-4-5-16-12(7-9)10-3-2-8(13)6-11(10)14/h2-3,6,9,12,15-16H,4-5,7H2,1H3/t9-,12+/m1/s1. The summed E-state index contributed by atoms with van der Waals surface area (Å²) in [6, 6.07) is 4.16. The highest BCUT2D eigenvalue weighted by molar-refractivity contribution is 5.23. The van der Waals surface area contributed by atoms with Gasteiger partial charge in [-0.2, -0.15) is 0 Å². The van der Waals surface area contributed by atoms with Crippen LogP contribution in [0.25, 0.3) is 0 Å². The fourth-order valence-corrected chi connectivity index (χ4v) is 2.20. The number of halogens is 2. The van der Waals surface area contributed by atoms with E-state index in [-0.39, 0.29) is 6.04 Å². The molecule has 0 aromatic heterocycles. The monoisotopic (exact) mass is 226 g/mol. The van der Waals surface area contributed by atoms with Gasteiger partial charge in [0.1, 0.15) is 11.6 Å². The van der Waals surface area contributed by atoms with Crippen molar-refractivity contribution in [1.82, 2.24) is 10.6 Å². The molecule has 1 aromatic rings. The van der Waals surface area contributed by atoms with Gasteiger partial charge in [-0.3, -0.25) is 0 Å². The molecule has 2 atom stereocenters. The Hall–Kier alpha value is -1.00. The Bertz CT molecular complexity index is 368. The number of rotatable bonds is 2. The molecule has 0 radical (unpaired) electrons. The fourth-order valence-electron chi connectivity index (χ4n) is 2.20. The minimum atomic E-state index is -0.526. The quantitative estimate of drug-likeness (QED) is 0.805. The summed E-state index contributed by atoms with van der Waals surface area (Å²) < 4.78 is 26.4. The molecule has 1 fully saturated rings. The van der Waals surface area contributed by atoms with E-state index < -0.39 is 11.6 Å². The third kappa shape index (κ3) is 2.39. The zero-order chi connectivity index (χ0) is 11.5. The van der Waals surface area contributed by atoms with Crippen molar-refractivity contribution in [1.29, 1.82) is 0 Å². The summed E-state index contributed by atoms with van der Waals surface area (Å²) in [5.41, 5.74) is 0.557. The Kier molecular flexibility index (Phi) is 3.51. The Morgan fingerprint density at radius 1 is 1.38 bits per heavy atom. The first-order chi connectivity index (χ1) is 7.70. The van der Waals surface area contributed by atoms with Gasteiger partial charge in [-0.25, -0.2) is 8.78 Å². The Balaban J connectivity index is 2.16. The van der Waals surface area contributed by atoms with E-state index in [0.717, 1.165) is 25.5 Å². The summed E-state index contributed by atoms with van der Waals surface area (Å²) in [4.78, 5) is 0.